The van der Waals surface area contributed by atoms with E-state index in [4.69, 9.17) is 5.11 Å². The van der Waals surface area contributed by atoms with Crippen molar-refractivity contribution in [3.8, 4) is 0 Å². The molecule has 1 atom stereocenters. The summed E-state index contributed by atoms with van der Waals surface area (Å²) in [7, 11) is -2.40. The van der Waals surface area contributed by atoms with E-state index in [9.17, 15) is 18.0 Å². The first-order chi connectivity index (χ1) is 12.9. The maximum atomic E-state index is 12.4. The highest BCUT2D eigenvalue weighted by Gasteiger charge is 2.31. The van der Waals surface area contributed by atoms with Crippen molar-refractivity contribution in [3.63, 3.8) is 0 Å². The first-order valence-electron chi connectivity index (χ1n) is 8.59. The van der Waals surface area contributed by atoms with E-state index >= 15 is 0 Å². The Bertz CT molecular complexity index is 770. The highest BCUT2D eigenvalue weighted by Crippen LogP contribution is 2.21. The van der Waals surface area contributed by atoms with Crippen LogP contribution >= 0.6 is 0 Å². The van der Waals surface area contributed by atoms with Crippen LogP contribution in [0, 0.1) is 5.92 Å². The molecule has 0 saturated carbocycles. The van der Waals surface area contributed by atoms with Crippen LogP contribution in [-0.4, -0.2) is 62.6 Å². The Kier molecular flexibility index (Phi) is 7.52. The van der Waals surface area contributed by atoms with Gasteiger partial charge < -0.3 is 15.2 Å². The Morgan fingerprint density at radius 2 is 1.93 bits per heavy atom. The summed E-state index contributed by atoms with van der Waals surface area (Å²) in [6.45, 7) is -0.140. The number of piperidine rings is 1. The van der Waals surface area contributed by atoms with Gasteiger partial charge in [0.25, 0.3) is 0 Å². The van der Waals surface area contributed by atoms with Gasteiger partial charge in [-0.1, -0.05) is 30.3 Å². The number of nitrogens with zero attached hydrogens (tertiary/aromatic N) is 1. The molecule has 0 aliphatic carbocycles. The Labute approximate surface area is 158 Å². The monoisotopic (exact) mass is 396 g/mol. The summed E-state index contributed by atoms with van der Waals surface area (Å²) < 4.78 is 30.7. The summed E-state index contributed by atoms with van der Waals surface area (Å²) in [6, 6.07) is 8.00. The van der Waals surface area contributed by atoms with Crippen LogP contribution in [0.5, 0.6) is 0 Å². The van der Waals surface area contributed by atoms with Crippen LogP contribution in [0.3, 0.4) is 0 Å². The summed E-state index contributed by atoms with van der Waals surface area (Å²) in [6.07, 6.45) is 2.21. The van der Waals surface area contributed by atoms with Crippen molar-refractivity contribution >= 4 is 28.0 Å². The van der Waals surface area contributed by atoms with Gasteiger partial charge in [0.15, 0.2) is 6.04 Å². The van der Waals surface area contributed by atoms with E-state index in [0.717, 1.165) is 5.56 Å². The van der Waals surface area contributed by atoms with E-state index in [0.29, 0.717) is 12.8 Å². The molecule has 0 spiro atoms. The zero-order chi connectivity index (χ0) is 19.9. The van der Waals surface area contributed by atoms with Crippen molar-refractivity contribution in [2.75, 3.05) is 26.8 Å². The number of methoxy groups -OCH3 is 1. The van der Waals surface area contributed by atoms with Crippen molar-refractivity contribution in [1.82, 2.24) is 9.62 Å². The molecule has 0 bridgehead atoms. The Hall–Kier alpha value is -2.23. The number of carbonyl (C=O) groups is 2. The molecular weight excluding hydrogens is 372 g/mol. The highest BCUT2D eigenvalue weighted by atomic mass is 32.2. The molecule has 148 valence electrons. The second-order valence-electron chi connectivity index (χ2n) is 6.20. The Balaban J connectivity index is 1.91. The van der Waals surface area contributed by atoms with E-state index in [1.165, 1.54) is 22.9 Å². The summed E-state index contributed by atoms with van der Waals surface area (Å²) >= 11 is 0. The van der Waals surface area contributed by atoms with Gasteiger partial charge in [-0.2, -0.15) is 4.31 Å². The molecule has 27 heavy (non-hydrogen) atoms. The molecule has 1 aliphatic rings. The number of rotatable bonds is 7. The van der Waals surface area contributed by atoms with Gasteiger partial charge in [-0.05, 0) is 24.5 Å². The lowest BCUT2D eigenvalue weighted by atomic mass is 9.97. The number of benzene rings is 1. The lowest BCUT2D eigenvalue weighted by Gasteiger charge is -2.30. The van der Waals surface area contributed by atoms with Crippen LogP contribution < -0.4 is 5.32 Å². The third-order valence-corrected chi connectivity index (χ3v) is 5.97. The normalized spacial score (nSPS) is 17.6. The SMILES string of the molecule is COC(=O)[C@H](CO)NC(=O)C1CCN(S(=O)(=O)/C=C/c2ccccc2)CC1. The third-order valence-electron chi connectivity index (χ3n) is 4.40. The maximum absolute atomic E-state index is 12.4. The molecule has 9 heteroatoms. The van der Waals surface area contributed by atoms with Gasteiger partial charge in [-0.3, -0.25) is 4.79 Å². The highest BCUT2D eigenvalue weighted by molar-refractivity contribution is 7.92. The Morgan fingerprint density at radius 3 is 2.48 bits per heavy atom. The zero-order valence-electron chi connectivity index (χ0n) is 15.1. The van der Waals surface area contributed by atoms with Crippen molar-refractivity contribution in [1.29, 1.82) is 0 Å². The second kappa shape index (κ2) is 9.63. The fourth-order valence-corrected chi connectivity index (χ4v) is 4.02. The van der Waals surface area contributed by atoms with Crippen LogP contribution in [0.2, 0.25) is 0 Å². The number of esters is 1. The van der Waals surface area contributed by atoms with E-state index in [1.807, 2.05) is 30.3 Å². The molecule has 2 N–H and O–H groups in total. The molecule has 1 aliphatic heterocycles. The average Bonchev–Trinajstić information content (AvgIpc) is 2.70. The van der Waals surface area contributed by atoms with Gasteiger partial charge in [0.2, 0.25) is 15.9 Å². The minimum Gasteiger partial charge on any atom is -0.467 e. The number of hydrogen-bond donors (Lipinski definition) is 2. The molecular formula is C18H24N2O6S. The first kappa shape index (κ1) is 21.1. The summed E-state index contributed by atoms with van der Waals surface area (Å²) in [5.41, 5.74) is 0.785. The molecule has 1 saturated heterocycles. The van der Waals surface area contributed by atoms with Gasteiger partial charge in [-0.25, -0.2) is 13.2 Å². The third kappa shape index (κ3) is 5.88. The molecule has 1 heterocycles. The topological polar surface area (TPSA) is 113 Å². The zero-order valence-corrected chi connectivity index (χ0v) is 15.9. The number of nitrogens with one attached hydrogen (secondary N) is 1. The van der Waals surface area contributed by atoms with Gasteiger partial charge in [0.05, 0.1) is 13.7 Å². The first-order valence-corrected chi connectivity index (χ1v) is 10.1. The number of ether oxygens (including phenoxy) is 1. The summed E-state index contributed by atoms with van der Waals surface area (Å²) in [5, 5.41) is 12.8. The average molecular weight is 396 g/mol. The van der Waals surface area contributed by atoms with E-state index in [2.05, 4.69) is 10.1 Å². The standard InChI is InChI=1S/C18H24N2O6S/c1-26-18(23)16(13-21)19-17(22)15-7-10-20(11-8-15)27(24,25)12-9-14-5-3-2-4-6-14/h2-6,9,12,15-16,21H,7-8,10-11,13H2,1H3,(H,19,22)/b12-9+/t16-/m0/s1. The molecule has 2 rings (SSSR count). The van der Waals surface area contributed by atoms with Crippen LogP contribution in [-0.2, 0) is 24.3 Å². The number of aliphatic hydroxyl groups excluding tert-OH is 1. The summed E-state index contributed by atoms with van der Waals surface area (Å²) in [4.78, 5) is 23.7. The molecule has 1 fully saturated rings. The van der Waals surface area contributed by atoms with Gasteiger partial charge >= 0.3 is 5.97 Å². The number of sulfonamides is 1. The molecule has 8 nitrogen and oxygen atoms in total. The van der Waals surface area contributed by atoms with Crippen LogP contribution in [0.25, 0.3) is 6.08 Å². The smallest absolute Gasteiger partial charge is 0.330 e. The minimum atomic E-state index is -3.57. The predicted molar refractivity (Wildman–Crippen MR) is 99.7 cm³/mol. The minimum absolute atomic E-state index is 0.210. The summed E-state index contributed by atoms with van der Waals surface area (Å²) in [5.74, 6) is -1.54. The van der Waals surface area contributed by atoms with E-state index < -0.39 is 40.5 Å². The lowest BCUT2D eigenvalue weighted by molar-refractivity contribution is -0.146. The molecule has 0 radical (unpaired) electrons. The van der Waals surface area contributed by atoms with Crippen molar-refractivity contribution in [2.24, 2.45) is 5.92 Å². The number of carbonyl (C=O) groups excluding carboxylic acids is 2. The fraction of sp³-hybridized carbons (Fsp3) is 0.444. The molecule has 0 unspecified atom stereocenters. The predicted octanol–water partition coefficient (Wildman–Crippen LogP) is 0.349. The van der Waals surface area contributed by atoms with Crippen LogP contribution in [0.15, 0.2) is 35.7 Å². The fourth-order valence-electron chi connectivity index (χ4n) is 2.80. The molecule has 1 amide bonds. The lowest BCUT2D eigenvalue weighted by Crippen LogP contribution is -2.49. The van der Waals surface area contributed by atoms with Gasteiger partial charge in [0, 0.05) is 24.4 Å². The number of amides is 1. The van der Waals surface area contributed by atoms with E-state index in [-0.39, 0.29) is 13.1 Å². The van der Waals surface area contributed by atoms with Crippen LogP contribution in [0.1, 0.15) is 18.4 Å². The largest absolute Gasteiger partial charge is 0.467 e. The van der Waals surface area contributed by atoms with Gasteiger partial charge in [0.1, 0.15) is 0 Å². The quantitative estimate of drug-likeness (QED) is 0.643. The van der Waals surface area contributed by atoms with Crippen molar-refractivity contribution in [2.45, 2.75) is 18.9 Å². The van der Waals surface area contributed by atoms with Crippen molar-refractivity contribution in [3.05, 3.63) is 41.3 Å². The van der Waals surface area contributed by atoms with Gasteiger partial charge in [-0.15, -0.1) is 0 Å². The molecule has 1 aromatic carbocycles. The number of hydrogen-bond acceptors (Lipinski definition) is 6. The van der Waals surface area contributed by atoms with Crippen molar-refractivity contribution < 1.29 is 27.9 Å². The second-order valence-corrected chi connectivity index (χ2v) is 8.02. The number of aliphatic hydroxyl groups is 1. The Morgan fingerprint density at radius 1 is 1.30 bits per heavy atom. The maximum Gasteiger partial charge on any atom is 0.330 e. The molecule has 1 aromatic rings. The van der Waals surface area contributed by atoms with Crippen LogP contribution in [0.4, 0.5) is 0 Å². The molecule has 0 aromatic heterocycles. The van der Waals surface area contributed by atoms with E-state index in [1.54, 1.807) is 0 Å².